The molecule has 0 aliphatic carbocycles. The van der Waals surface area contributed by atoms with E-state index in [1.54, 1.807) is 12.1 Å². The summed E-state index contributed by atoms with van der Waals surface area (Å²) in [5.74, 6) is 1.52. The second kappa shape index (κ2) is 6.67. The predicted octanol–water partition coefficient (Wildman–Crippen LogP) is 2.31. The van der Waals surface area contributed by atoms with Crippen LogP contribution in [0.3, 0.4) is 0 Å². The maximum Gasteiger partial charge on any atom is 0.248 e. The van der Waals surface area contributed by atoms with E-state index in [0.717, 1.165) is 14.8 Å². The van der Waals surface area contributed by atoms with E-state index in [4.69, 9.17) is 9.47 Å². The van der Waals surface area contributed by atoms with E-state index < -0.39 is 0 Å². The zero-order valence-electron chi connectivity index (χ0n) is 12.8. The Hall–Kier alpha value is -2.69. The van der Waals surface area contributed by atoms with Crippen molar-refractivity contribution >= 4 is 34.2 Å². The summed E-state index contributed by atoms with van der Waals surface area (Å²) in [4.78, 5) is 13.3. The van der Waals surface area contributed by atoms with Gasteiger partial charge >= 0.3 is 0 Å². The van der Waals surface area contributed by atoms with Crippen LogP contribution in [0.15, 0.2) is 42.5 Å². The highest BCUT2D eigenvalue weighted by atomic mass is 127. The molecule has 4 rings (SSSR count). The summed E-state index contributed by atoms with van der Waals surface area (Å²) in [6, 6.07) is 12.9. The summed E-state index contributed by atoms with van der Waals surface area (Å²) in [5, 5.41) is 14.9. The standard InChI is InChI=1S/C16H12IN5O3/c17-11-2-4-12(5-3-11)18-15(23)8-22-20-16(19-21-22)10-1-6-13-14(7-10)25-9-24-13/h1-7H,8-9H2,(H,18,23). The smallest absolute Gasteiger partial charge is 0.248 e. The summed E-state index contributed by atoms with van der Waals surface area (Å²) in [5.41, 5.74) is 1.47. The van der Waals surface area contributed by atoms with Gasteiger partial charge in [-0.05, 0) is 70.3 Å². The minimum absolute atomic E-state index is 0.0243. The van der Waals surface area contributed by atoms with Gasteiger partial charge in [0.2, 0.25) is 18.5 Å². The molecule has 2 aromatic carbocycles. The number of halogens is 1. The first kappa shape index (κ1) is 15.8. The lowest BCUT2D eigenvalue weighted by Gasteiger charge is -2.04. The Kier molecular flexibility index (Phi) is 4.22. The minimum Gasteiger partial charge on any atom is -0.454 e. The van der Waals surface area contributed by atoms with Crippen molar-refractivity contribution in [3.05, 3.63) is 46.0 Å². The molecule has 126 valence electrons. The molecule has 0 atom stereocenters. The molecule has 25 heavy (non-hydrogen) atoms. The third-order valence-electron chi connectivity index (χ3n) is 3.50. The summed E-state index contributed by atoms with van der Waals surface area (Å²) in [6.07, 6.45) is 0. The molecule has 1 aliphatic heterocycles. The molecule has 0 radical (unpaired) electrons. The van der Waals surface area contributed by atoms with Crippen molar-refractivity contribution in [2.24, 2.45) is 0 Å². The van der Waals surface area contributed by atoms with Crippen LogP contribution in [0.4, 0.5) is 5.69 Å². The van der Waals surface area contributed by atoms with Gasteiger partial charge in [0.1, 0.15) is 6.54 Å². The van der Waals surface area contributed by atoms with Crippen LogP contribution in [0.25, 0.3) is 11.4 Å². The molecule has 3 aromatic rings. The molecular formula is C16H12IN5O3. The highest BCUT2D eigenvalue weighted by Crippen LogP contribution is 2.34. The number of rotatable bonds is 4. The Bertz CT molecular complexity index is 926. The van der Waals surface area contributed by atoms with Crippen molar-refractivity contribution in [2.75, 3.05) is 12.1 Å². The van der Waals surface area contributed by atoms with Gasteiger partial charge in [-0.1, -0.05) is 0 Å². The zero-order chi connectivity index (χ0) is 17.2. The Morgan fingerprint density at radius 1 is 1.16 bits per heavy atom. The van der Waals surface area contributed by atoms with Crippen LogP contribution in [0.5, 0.6) is 11.5 Å². The van der Waals surface area contributed by atoms with E-state index in [0.29, 0.717) is 17.3 Å². The van der Waals surface area contributed by atoms with Crippen LogP contribution in [-0.4, -0.2) is 32.9 Å². The first-order chi connectivity index (χ1) is 12.2. The molecule has 9 heteroatoms. The number of nitrogens with one attached hydrogen (secondary N) is 1. The molecule has 8 nitrogen and oxygen atoms in total. The number of carbonyl (C=O) groups excluding carboxylic acids is 1. The topological polar surface area (TPSA) is 91.2 Å². The van der Waals surface area contributed by atoms with Gasteiger partial charge < -0.3 is 14.8 Å². The second-order valence-corrected chi connectivity index (χ2v) is 6.51. The fourth-order valence-electron chi connectivity index (χ4n) is 2.32. The van der Waals surface area contributed by atoms with Crippen LogP contribution in [0.1, 0.15) is 0 Å². The maximum atomic E-state index is 12.1. The van der Waals surface area contributed by atoms with Crippen molar-refractivity contribution in [1.29, 1.82) is 0 Å². The van der Waals surface area contributed by atoms with Crippen LogP contribution in [0, 0.1) is 3.57 Å². The van der Waals surface area contributed by atoms with Crippen molar-refractivity contribution in [3.63, 3.8) is 0 Å². The van der Waals surface area contributed by atoms with E-state index in [1.165, 1.54) is 4.80 Å². The van der Waals surface area contributed by atoms with E-state index in [1.807, 2.05) is 30.3 Å². The number of hydrogen-bond acceptors (Lipinski definition) is 6. The van der Waals surface area contributed by atoms with Gasteiger partial charge in [-0.25, -0.2) is 0 Å². The molecule has 1 aromatic heterocycles. The molecule has 0 bridgehead atoms. The molecular weight excluding hydrogens is 437 g/mol. The van der Waals surface area contributed by atoms with Crippen LogP contribution >= 0.6 is 22.6 Å². The first-order valence-corrected chi connectivity index (χ1v) is 8.48. The number of aromatic nitrogens is 4. The number of anilines is 1. The predicted molar refractivity (Wildman–Crippen MR) is 97.2 cm³/mol. The number of ether oxygens (including phenoxy) is 2. The van der Waals surface area contributed by atoms with Crippen molar-refractivity contribution in [1.82, 2.24) is 20.2 Å². The Labute approximate surface area is 156 Å². The van der Waals surface area contributed by atoms with Crippen LogP contribution in [-0.2, 0) is 11.3 Å². The summed E-state index contributed by atoms with van der Waals surface area (Å²) in [7, 11) is 0. The number of tetrazole rings is 1. The highest BCUT2D eigenvalue weighted by Gasteiger charge is 2.16. The van der Waals surface area contributed by atoms with Gasteiger partial charge in [-0.3, -0.25) is 4.79 Å². The first-order valence-electron chi connectivity index (χ1n) is 7.41. The third kappa shape index (κ3) is 3.55. The van der Waals surface area contributed by atoms with Crippen LogP contribution in [0.2, 0.25) is 0 Å². The Morgan fingerprint density at radius 3 is 2.80 bits per heavy atom. The Balaban J connectivity index is 1.44. The normalized spacial score (nSPS) is 12.2. The number of nitrogens with zero attached hydrogens (tertiary/aromatic N) is 4. The molecule has 0 spiro atoms. The summed E-state index contributed by atoms with van der Waals surface area (Å²) >= 11 is 2.21. The second-order valence-electron chi connectivity index (χ2n) is 5.27. The fraction of sp³-hybridized carbons (Fsp3) is 0.125. The maximum absolute atomic E-state index is 12.1. The quantitative estimate of drug-likeness (QED) is 0.615. The molecule has 0 unspecified atom stereocenters. The van der Waals surface area contributed by atoms with Crippen molar-refractivity contribution < 1.29 is 14.3 Å². The van der Waals surface area contributed by atoms with Crippen molar-refractivity contribution in [2.45, 2.75) is 6.54 Å². The van der Waals surface area contributed by atoms with Crippen molar-refractivity contribution in [3.8, 4) is 22.9 Å². The number of fused-ring (bicyclic) bond motifs is 1. The van der Waals surface area contributed by atoms with Gasteiger partial charge in [0.15, 0.2) is 11.5 Å². The molecule has 0 fully saturated rings. The average molecular weight is 449 g/mol. The molecule has 1 N–H and O–H groups in total. The van der Waals surface area contributed by atoms with Gasteiger partial charge in [0.25, 0.3) is 0 Å². The lowest BCUT2D eigenvalue weighted by atomic mass is 10.2. The van der Waals surface area contributed by atoms with Crippen LogP contribution < -0.4 is 14.8 Å². The van der Waals surface area contributed by atoms with E-state index >= 15 is 0 Å². The summed E-state index contributed by atoms with van der Waals surface area (Å²) in [6.45, 7) is 0.182. The third-order valence-corrected chi connectivity index (χ3v) is 4.22. The molecule has 1 amide bonds. The van der Waals surface area contributed by atoms with E-state index in [2.05, 4.69) is 43.3 Å². The molecule has 0 saturated heterocycles. The van der Waals surface area contributed by atoms with Gasteiger partial charge in [-0.2, -0.15) is 4.80 Å². The average Bonchev–Trinajstić information content (AvgIpc) is 3.25. The number of hydrogen-bond donors (Lipinski definition) is 1. The highest BCUT2D eigenvalue weighted by molar-refractivity contribution is 14.1. The van der Waals surface area contributed by atoms with Gasteiger partial charge in [0.05, 0.1) is 0 Å². The molecule has 0 saturated carbocycles. The minimum atomic E-state index is -0.226. The monoisotopic (exact) mass is 449 g/mol. The SMILES string of the molecule is O=C(Cn1nnc(-c2ccc3c(c2)OCO3)n1)Nc1ccc(I)cc1. The number of amides is 1. The van der Waals surface area contributed by atoms with E-state index in [-0.39, 0.29) is 19.2 Å². The Morgan fingerprint density at radius 2 is 1.96 bits per heavy atom. The van der Waals surface area contributed by atoms with E-state index in [9.17, 15) is 4.79 Å². The zero-order valence-corrected chi connectivity index (χ0v) is 15.0. The lowest BCUT2D eigenvalue weighted by Crippen LogP contribution is -2.20. The van der Waals surface area contributed by atoms with Gasteiger partial charge in [-0.15, -0.1) is 10.2 Å². The van der Waals surface area contributed by atoms with Gasteiger partial charge in [0, 0.05) is 14.8 Å². The molecule has 2 heterocycles. The summed E-state index contributed by atoms with van der Waals surface area (Å²) < 4.78 is 11.7. The fourth-order valence-corrected chi connectivity index (χ4v) is 2.68. The largest absolute Gasteiger partial charge is 0.454 e. The number of benzene rings is 2. The number of carbonyl (C=O) groups is 1. The lowest BCUT2D eigenvalue weighted by molar-refractivity contribution is -0.117. The molecule has 1 aliphatic rings.